The highest BCUT2D eigenvalue weighted by Crippen LogP contribution is 2.54. The van der Waals surface area contributed by atoms with E-state index in [4.69, 9.17) is 9.15 Å². The van der Waals surface area contributed by atoms with Gasteiger partial charge < -0.3 is 19.0 Å². The lowest BCUT2D eigenvalue weighted by atomic mass is 9.87. The average molecular weight is 871 g/mol. The molecule has 12 aromatic carbocycles. The molecule has 0 N–H and O–H groups in total. The second-order valence-electron chi connectivity index (χ2n) is 18.2. The summed E-state index contributed by atoms with van der Waals surface area (Å²) in [5.41, 5.74) is 12.6. The van der Waals surface area contributed by atoms with Crippen LogP contribution in [0, 0.1) is 13.8 Å². The van der Waals surface area contributed by atoms with Crippen LogP contribution < -0.4 is 14.5 Å². The topological polar surface area (TPSA) is 28.9 Å². The van der Waals surface area contributed by atoms with Gasteiger partial charge in [0.15, 0.2) is 5.58 Å². The van der Waals surface area contributed by atoms with E-state index in [2.05, 4.69) is 230 Å². The highest BCUT2D eigenvalue weighted by Gasteiger charge is 2.27. The molecule has 320 valence electrons. The van der Waals surface area contributed by atoms with Crippen molar-refractivity contribution in [2.24, 2.45) is 0 Å². The molecule has 1 aliphatic rings. The molecule has 4 heteroatoms. The number of hydrogen-bond donors (Lipinski definition) is 0. The number of fused-ring (bicyclic) bond motifs is 12. The molecule has 0 unspecified atom stereocenters. The highest BCUT2D eigenvalue weighted by atomic mass is 16.5. The number of benzene rings is 12. The third-order valence-electron chi connectivity index (χ3n) is 14.0. The molecule has 0 fully saturated rings. The molecule has 1 aliphatic heterocycles. The van der Waals surface area contributed by atoms with E-state index in [0.717, 1.165) is 89.6 Å². The fourth-order valence-electron chi connectivity index (χ4n) is 11.0. The molecule has 68 heavy (non-hydrogen) atoms. The number of nitrogens with zero attached hydrogens (tertiary/aromatic N) is 2. The van der Waals surface area contributed by atoms with Gasteiger partial charge >= 0.3 is 0 Å². The Morgan fingerprint density at radius 2 is 0.956 bits per heavy atom. The molecule has 2 heterocycles. The van der Waals surface area contributed by atoms with Crippen LogP contribution >= 0.6 is 0 Å². The van der Waals surface area contributed by atoms with Crippen LogP contribution in [0.25, 0.3) is 86.9 Å². The Balaban J connectivity index is 0.984. The first-order chi connectivity index (χ1) is 33.5. The average Bonchev–Trinajstić information content (AvgIpc) is 3.76. The molecule has 4 nitrogen and oxygen atoms in total. The van der Waals surface area contributed by atoms with Gasteiger partial charge in [-0.1, -0.05) is 139 Å². The summed E-state index contributed by atoms with van der Waals surface area (Å²) in [7, 11) is 0. The van der Waals surface area contributed by atoms with E-state index >= 15 is 0 Å². The zero-order valence-electron chi connectivity index (χ0n) is 37.5. The Hall–Kier alpha value is -8.86. The summed E-state index contributed by atoms with van der Waals surface area (Å²) in [6.45, 7) is 4.37. The van der Waals surface area contributed by atoms with E-state index < -0.39 is 0 Å². The summed E-state index contributed by atoms with van der Waals surface area (Å²) in [5, 5.41) is 14.2. The van der Waals surface area contributed by atoms with Gasteiger partial charge in [-0.05, 0) is 147 Å². The maximum Gasteiger partial charge on any atom is 0.159 e. The lowest BCUT2D eigenvalue weighted by Gasteiger charge is -2.30. The fraction of sp³-hybridized carbons (Fsp3) is 0.0312. The number of rotatable bonds is 6. The second-order valence-corrected chi connectivity index (χ2v) is 18.2. The molecule has 14 rings (SSSR count). The highest BCUT2D eigenvalue weighted by molar-refractivity contribution is 6.26. The summed E-state index contributed by atoms with van der Waals surface area (Å²) < 4.78 is 13.7. The Labute approximate surface area is 393 Å². The minimum absolute atomic E-state index is 0.815. The van der Waals surface area contributed by atoms with E-state index in [1.165, 1.54) is 54.0 Å². The van der Waals surface area contributed by atoms with Gasteiger partial charge in [0.1, 0.15) is 17.1 Å². The summed E-state index contributed by atoms with van der Waals surface area (Å²) in [5.74, 6) is 1.68. The Bertz CT molecular complexity index is 4210. The molecule has 0 aliphatic carbocycles. The SMILES string of the molecule is Cc1ccc2c(N(c3ccccc3)c3ccc4c(ccc5ccccc54)c3)cc3c4cc(C)cc5c4c(cc3c2c1)-c1ccc(N(c2ccccc2)c2cccc3c2oc2ccccc23)cc1O5. The van der Waals surface area contributed by atoms with Crippen LogP contribution in [0.15, 0.2) is 223 Å². The quantitative estimate of drug-likeness (QED) is 0.156. The summed E-state index contributed by atoms with van der Waals surface area (Å²) in [6.07, 6.45) is 0. The normalized spacial score (nSPS) is 12.1. The van der Waals surface area contributed by atoms with Gasteiger partial charge in [0.25, 0.3) is 0 Å². The van der Waals surface area contributed by atoms with Crippen molar-refractivity contribution in [3.8, 4) is 22.6 Å². The first-order valence-corrected chi connectivity index (χ1v) is 23.3. The van der Waals surface area contributed by atoms with Gasteiger partial charge in [0, 0.05) is 50.2 Å². The Morgan fingerprint density at radius 3 is 1.79 bits per heavy atom. The van der Waals surface area contributed by atoms with Crippen molar-refractivity contribution in [2.75, 3.05) is 9.80 Å². The number of anilines is 6. The molecule has 0 bridgehead atoms. The predicted molar refractivity (Wildman–Crippen MR) is 286 cm³/mol. The molecule has 0 spiro atoms. The smallest absolute Gasteiger partial charge is 0.159 e. The lowest BCUT2D eigenvalue weighted by molar-refractivity contribution is 0.487. The standard InChI is InChI=1S/C64H42N2O2/c1-39-24-29-49-53(32-39)54-37-57-51-31-28-46(65(43-15-5-3-6-16-43)58-22-13-21-52-50-20-11-12-23-60(50)68-64(52)58)36-61(51)67-62-34-40(2)33-56(63(57)62)55(54)38-59(49)66(44-17-7-4-8-18-44)45-27-30-48-42(35-45)26-25-41-14-9-10-19-47(41)48/h3-38H,1-2H3. The van der Waals surface area contributed by atoms with Gasteiger partial charge in [0.05, 0.1) is 17.1 Å². The van der Waals surface area contributed by atoms with E-state index in [1.54, 1.807) is 0 Å². The minimum Gasteiger partial charge on any atom is -0.456 e. The van der Waals surface area contributed by atoms with E-state index in [0.29, 0.717) is 0 Å². The van der Waals surface area contributed by atoms with Gasteiger partial charge in [-0.25, -0.2) is 0 Å². The van der Waals surface area contributed by atoms with Gasteiger partial charge in [-0.15, -0.1) is 0 Å². The van der Waals surface area contributed by atoms with Gasteiger partial charge in [0.2, 0.25) is 0 Å². The summed E-state index contributed by atoms with van der Waals surface area (Å²) in [6, 6.07) is 79.0. The van der Waals surface area contributed by atoms with Crippen LogP contribution in [0.3, 0.4) is 0 Å². The molecule has 0 atom stereocenters. The molecule has 0 saturated carbocycles. The number of ether oxygens (including phenoxy) is 1. The second kappa shape index (κ2) is 14.8. The molecular formula is C64H42N2O2. The van der Waals surface area contributed by atoms with E-state index in [-0.39, 0.29) is 0 Å². The van der Waals surface area contributed by atoms with Gasteiger partial charge in [-0.3, -0.25) is 0 Å². The number of aryl methyl sites for hydroxylation is 2. The summed E-state index contributed by atoms with van der Waals surface area (Å²) >= 11 is 0. The molecule has 1 aromatic heterocycles. The molecule has 0 amide bonds. The minimum atomic E-state index is 0.815. The Kier molecular flexibility index (Phi) is 8.38. The van der Waals surface area contributed by atoms with Gasteiger partial charge in [-0.2, -0.15) is 0 Å². The maximum atomic E-state index is 7.11. The van der Waals surface area contributed by atoms with Crippen LogP contribution in [0.5, 0.6) is 11.5 Å². The number of furan rings is 1. The van der Waals surface area contributed by atoms with Crippen molar-refractivity contribution < 1.29 is 9.15 Å². The van der Waals surface area contributed by atoms with E-state index in [9.17, 15) is 0 Å². The van der Waals surface area contributed by atoms with Crippen LogP contribution in [-0.2, 0) is 0 Å². The third kappa shape index (κ3) is 5.87. The maximum absolute atomic E-state index is 7.11. The Morgan fingerprint density at radius 1 is 0.324 bits per heavy atom. The van der Waals surface area contributed by atoms with Crippen molar-refractivity contribution in [1.29, 1.82) is 0 Å². The largest absolute Gasteiger partial charge is 0.456 e. The van der Waals surface area contributed by atoms with Crippen molar-refractivity contribution in [3.05, 3.63) is 230 Å². The van der Waals surface area contributed by atoms with Crippen LogP contribution in [-0.4, -0.2) is 0 Å². The predicted octanol–water partition coefficient (Wildman–Crippen LogP) is 18.7. The number of hydrogen-bond acceptors (Lipinski definition) is 4. The molecule has 0 radical (unpaired) electrons. The zero-order valence-corrected chi connectivity index (χ0v) is 37.5. The molecule has 0 saturated heterocycles. The van der Waals surface area contributed by atoms with Crippen LogP contribution in [0.4, 0.5) is 34.1 Å². The summed E-state index contributed by atoms with van der Waals surface area (Å²) in [4.78, 5) is 4.72. The lowest BCUT2D eigenvalue weighted by Crippen LogP contribution is -2.11. The monoisotopic (exact) mass is 870 g/mol. The van der Waals surface area contributed by atoms with Crippen molar-refractivity contribution >= 4 is 110 Å². The first kappa shape index (κ1) is 38.4. The molecule has 13 aromatic rings. The molecular weight excluding hydrogens is 829 g/mol. The van der Waals surface area contributed by atoms with E-state index in [1.807, 2.05) is 12.1 Å². The van der Waals surface area contributed by atoms with Crippen LogP contribution in [0.1, 0.15) is 11.1 Å². The fourth-order valence-corrected chi connectivity index (χ4v) is 11.0. The first-order valence-electron chi connectivity index (χ1n) is 23.3. The van der Waals surface area contributed by atoms with Crippen molar-refractivity contribution in [1.82, 2.24) is 0 Å². The van der Waals surface area contributed by atoms with Crippen molar-refractivity contribution in [3.63, 3.8) is 0 Å². The van der Waals surface area contributed by atoms with Crippen molar-refractivity contribution in [2.45, 2.75) is 13.8 Å². The zero-order chi connectivity index (χ0) is 45.0. The van der Waals surface area contributed by atoms with Crippen LogP contribution in [0.2, 0.25) is 0 Å². The number of para-hydroxylation sites is 4. The third-order valence-corrected chi connectivity index (χ3v) is 14.0.